The highest BCUT2D eigenvalue weighted by atomic mass is 16.5. The molecule has 2 aromatic carbocycles. The topological polar surface area (TPSA) is 78.3 Å². The average molecular weight is 389 g/mol. The number of ether oxygens (including phenoxy) is 1. The minimum absolute atomic E-state index is 0.0976. The lowest BCUT2D eigenvalue weighted by Gasteiger charge is -2.47. The summed E-state index contributed by atoms with van der Waals surface area (Å²) < 4.78 is 6.54. The van der Waals surface area contributed by atoms with Gasteiger partial charge in [-0.15, -0.1) is 0 Å². The molecule has 1 saturated heterocycles. The van der Waals surface area contributed by atoms with E-state index in [1.54, 1.807) is 6.07 Å². The Kier molecular flexibility index (Phi) is 4.19. The van der Waals surface area contributed by atoms with Gasteiger partial charge in [-0.3, -0.25) is 4.79 Å². The van der Waals surface area contributed by atoms with E-state index in [0.29, 0.717) is 23.3 Å². The van der Waals surface area contributed by atoms with Gasteiger partial charge in [-0.25, -0.2) is 0 Å². The summed E-state index contributed by atoms with van der Waals surface area (Å²) in [5.74, 6) is 2.41. The zero-order valence-electron chi connectivity index (χ0n) is 16.9. The molecule has 1 heterocycles. The van der Waals surface area contributed by atoms with Crippen LogP contribution in [0.4, 0.5) is 5.69 Å². The molecule has 4 atom stereocenters. The van der Waals surface area contributed by atoms with Crippen LogP contribution in [0.25, 0.3) is 6.08 Å². The number of carbonyl (C=O) groups excluding carboxylic acids is 1. The van der Waals surface area contributed by atoms with Gasteiger partial charge in [0.25, 0.3) is 0 Å². The van der Waals surface area contributed by atoms with E-state index in [0.717, 1.165) is 36.3 Å². The number of aryl methyl sites for hydroxylation is 1. The number of hydrogen-bond donors (Lipinski definition) is 2. The van der Waals surface area contributed by atoms with Crippen LogP contribution in [0.3, 0.4) is 0 Å². The monoisotopic (exact) mass is 388 g/mol. The Balaban J connectivity index is 1.43. The highest BCUT2D eigenvalue weighted by molar-refractivity contribution is 5.93. The molecule has 0 radical (unpaired) electrons. The standard InChI is InChI=1S/C25H28N2O2/c1-25-10-9-21-20-8-6-18(26)13-16(20)5-7-22(21)23(25)14-19(29-25)12-15-3-2-4-17(11-15)24(27)28/h2-4,6,8,11-13,21-23H,5,7,9-10,14,26H2,1H3,(H2,27,28)/b19-12+/t21?,22?,23?,25-/m0/s1. The number of primary amides is 1. The van der Waals surface area contributed by atoms with E-state index in [4.69, 9.17) is 16.2 Å². The maximum absolute atomic E-state index is 11.5. The number of amides is 1. The fraction of sp³-hybridized carbons (Fsp3) is 0.400. The Morgan fingerprint density at radius 3 is 2.90 bits per heavy atom. The van der Waals surface area contributed by atoms with Gasteiger partial charge in [0.1, 0.15) is 5.60 Å². The molecule has 3 aliphatic rings. The normalized spacial score (nSPS) is 31.5. The molecule has 3 unspecified atom stereocenters. The summed E-state index contributed by atoms with van der Waals surface area (Å²) in [7, 11) is 0. The summed E-state index contributed by atoms with van der Waals surface area (Å²) in [5.41, 5.74) is 16.7. The van der Waals surface area contributed by atoms with Crippen LogP contribution in [-0.4, -0.2) is 11.5 Å². The first-order chi connectivity index (χ1) is 13.9. The van der Waals surface area contributed by atoms with Crippen molar-refractivity contribution >= 4 is 17.7 Å². The molecular formula is C25H28N2O2. The average Bonchev–Trinajstić information content (AvgIpc) is 3.03. The van der Waals surface area contributed by atoms with E-state index in [1.807, 2.05) is 18.2 Å². The summed E-state index contributed by atoms with van der Waals surface area (Å²) in [6.07, 6.45) is 7.59. The molecule has 4 nitrogen and oxygen atoms in total. The molecular weight excluding hydrogens is 360 g/mol. The zero-order valence-corrected chi connectivity index (χ0v) is 16.9. The molecule has 2 aromatic rings. The van der Waals surface area contributed by atoms with Gasteiger partial charge in [0.05, 0.1) is 5.76 Å². The zero-order chi connectivity index (χ0) is 20.2. The highest BCUT2D eigenvalue weighted by Gasteiger charge is 2.53. The fourth-order valence-electron chi connectivity index (χ4n) is 6.00. The largest absolute Gasteiger partial charge is 0.492 e. The van der Waals surface area contributed by atoms with Crippen molar-refractivity contribution in [3.05, 3.63) is 70.5 Å². The minimum Gasteiger partial charge on any atom is -0.492 e. The first kappa shape index (κ1) is 18.3. The second-order valence-corrected chi connectivity index (χ2v) is 9.13. The lowest BCUT2D eigenvalue weighted by Crippen LogP contribution is -2.44. The summed E-state index contributed by atoms with van der Waals surface area (Å²) in [4.78, 5) is 11.5. The number of benzene rings is 2. The Morgan fingerprint density at radius 2 is 2.07 bits per heavy atom. The Bertz CT molecular complexity index is 1010. The molecule has 5 rings (SSSR count). The number of nitrogen functional groups attached to an aromatic ring is 1. The predicted octanol–water partition coefficient (Wildman–Crippen LogP) is 4.64. The van der Waals surface area contributed by atoms with Gasteiger partial charge in [-0.1, -0.05) is 18.2 Å². The smallest absolute Gasteiger partial charge is 0.248 e. The molecule has 1 amide bonds. The Labute approximate surface area is 171 Å². The summed E-state index contributed by atoms with van der Waals surface area (Å²) in [5, 5.41) is 0. The molecule has 0 spiro atoms. The van der Waals surface area contributed by atoms with E-state index >= 15 is 0 Å². The molecule has 2 fully saturated rings. The van der Waals surface area contributed by atoms with E-state index in [2.05, 4.69) is 31.2 Å². The van der Waals surface area contributed by atoms with Crippen molar-refractivity contribution < 1.29 is 9.53 Å². The third-order valence-corrected chi connectivity index (χ3v) is 7.37. The third-order valence-electron chi connectivity index (χ3n) is 7.37. The number of rotatable bonds is 2. The number of anilines is 1. The molecule has 0 bridgehead atoms. The van der Waals surface area contributed by atoms with Gasteiger partial charge in [-0.05, 0) is 91.5 Å². The van der Waals surface area contributed by atoms with Crippen molar-refractivity contribution in [2.24, 2.45) is 17.6 Å². The number of allylic oxidation sites excluding steroid dienone is 1. The van der Waals surface area contributed by atoms with E-state index < -0.39 is 5.91 Å². The van der Waals surface area contributed by atoms with Crippen molar-refractivity contribution in [2.45, 2.75) is 50.5 Å². The lowest BCUT2D eigenvalue weighted by molar-refractivity contribution is -0.0385. The lowest BCUT2D eigenvalue weighted by atomic mass is 9.58. The number of hydrogen-bond acceptors (Lipinski definition) is 3. The van der Waals surface area contributed by atoms with E-state index in [9.17, 15) is 4.79 Å². The molecule has 0 aromatic heterocycles. The first-order valence-electron chi connectivity index (χ1n) is 10.6. The van der Waals surface area contributed by atoms with E-state index in [1.165, 1.54) is 24.0 Å². The van der Waals surface area contributed by atoms with Crippen LogP contribution in [-0.2, 0) is 11.2 Å². The third kappa shape index (κ3) is 3.11. The van der Waals surface area contributed by atoms with Crippen molar-refractivity contribution in [2.75, 3.05) is 5.73 Å². The van der Waals surface area contributed by atoms with E-state index in [-0.39, 0.29) is 5.60 Å². The number of nitrogens with two attached hydrogens (primary N) is 2. The van der Waals surface area contributed by atoms with Crippen LogP contribution in [0.2, 0.25) is 0 Å². The molecule has 4 heteroatoms. The van der Waals surface area contributed by atoms with Crippen molar-refractivity contribution in [1.29, 1.82) is 0 Å². The minimum atomic E-state index is -0.400. The van der Waals surface area contributed by atoms with Crippen molar-refractivity contribution in [3.63, 3.8) is 0 Å². The van der Waals surface area contributed by atoms with Crippen LogP contribution in [0.5, 0.6) is 0 Å². The van der Waals surface area contributed by atoms with Gasteiger partial charge in [0, 0.05) is 23.6 Å². The summed E-state index contributed by atoms with van der Waals surface area (Å²) >= 11 is 0. The predicted molar refractivity (Wildman–Crippen MR) is 115 cm³/mol. The number of carbonyl (C=O) groups is 1. The molecule has 1 aliphatic heterocycles. The van der Waals surface area contributed by atoms with Crippen LogP contribution < -0.4 is 11.5 Å². The van der Waals surface area contributed by atoms with Crippen LogP contribution in [0, 0.1) is 11.8 Å². The Morgan fingerprint density at radius 1 is 1.21 bits per heavy atom. The molecule has 4 N–H and O–H groups in total. The molecule has 1 saturated carbocycles. The van der Waals surface area contributed by atoms with Crippen LogP contribution in [0.15, 0.2) is 48.2 Å². The Hall–Kier alpha value is -2.75. The van der Waals surface area contributed by atoms with Crippen LogP contribution >= 0.6 is 0 Å². The fourth-order valence-corrected chi connectivity index (χ4v) is 6.00. The van der Waals surface area contributed by atoms with Crippen molar-refractivity contribution in [3.8, 4) is 0 Å². The van der Waals surface area contributed by atoms with Gasteiger partial charge in [0.15, 0.2) is 0 Å². The molecule has 29 heavy (non-hydrogen) atoms. The SMILES string of the molecule is C[C@]12CCC3c4ccc(N)cc4CCC3C1C/C(=C\c1cccc(C(N)=O)c1)O2. The molecule has 150 valence electrons. The second-order valence-electron chi connectivity index (χ2n) is 9.13. The second kappa shape index (κ2) is 6.65. The summed E-state index contributed by atoms with van der Waals surface area (Å²) in [6, 6.07) is 13.9. The first-order valence-corrected chi connectivity index (χ1v) is 10.6. The highest BCUT2D eigenvalue weighted by Crippen LogP contribution is 2.58. The van der Waals surface area contributed by atoms with Gasteiger partial charge < -0.3 is 16.2 Å². The maximum Gasteiger partial charge on any atom is 0.248 e. The van der Waals surface area contributed by atoms with Crippen molar-refractivity contribution in [1.82, 2.24) is 0 Å². The van der Waals surface area contributed by atoms with Gasteiger partial charge >= 0.3 is 0 Å². The summed E-state index contributed by atoms with van der Waals surface area (Å²) in [6.45, 7) is 2.28. The van der Waals surface area contributed by atoms with Gasteiger partial charge in [-0.2, -0.15) is 0 Å². The maximum atomic E-state index is 11.5. The quantitative estimate of drug-likeness (QED) is 0.736. The number of fused-ring (bicyclic) bond motifs is 5. The van der Waals surface area contributed by atoms with Gasteiger partial charge in [0.2, 0.25) is 5.91 Å². The van der Waals surface area contributed by atoms with Crippen LogP contribution in [0.1, 0.15) is 65.6 Å². The molecule has 2 aliphatic carbocycles.